The first-order valence-electron chi connectivity index (χ1n) is 4.39. The van der Waals surface area contributed by atoms with Crippen molar-refractivity contribution in [1.29, 1.82) is 0 Å². The van der Waals surface area contributed by atoms with Gasteiger partial charge >= 0.3 is 0 Å². The molecule has 74 valence electrons. The van der Waals surface area contributed by atoms with Crippen LogP contribution in [0.1, 0.15) is 0 Å². The van der Waals surface area contributed by atoms with Crippen molar-refractivity contribution < 1.29 is 0 Å². The molecule has 3 nitrogen and oxygen atoms in total. The minimum atomic E-state index is -0.146. The van der Waals surface area contributed by atoms with Crippen LogP contribution in [0.15, 0.2) is 29.1 Å². The van der Waals surface area contributed by atoms with Crippen molar-refractivity contribution in [3.63, 3.8) is 0 Å². The molecule has 1 aromatic heterocycles. The lowest BCUT2D eigenvalue weighted by molar-refractivity contribution is 0.767. The lowest BCUT2D eigenvalue weighted by Crippen LogP contribution is -2.21. The van der Waals surface area contributed by atoms with Crippen LogP contribution in [-0.4, -0.2) is 9.55 Å². The molecule has 2 aromatic rings. The predicted octanol–water partition coefficient (Wildman–Crippen LogP) is 1.69. The number of benzene rings is 1. The van der Waals surface area contributed by atoms with Gasteiger partial charge in [-0.1, -0.05) is 18.1 Å². The van der Waals surface area contributed by atoms with E-state index in [1.807, 2.05) is 12.1 Å². The van der Waals surface area contributed by atoms with Crippen LogP contribution >= 0.6 is 12.2 Å². The van der Waals surface area contributed by atoms with Gasteiger partial charge in [-0.3, -0.25) is 9.36 Å². The van der Waals surface area contributed by atoms with E-state index in [1.54, 1.807) is 12.1 Å². The van der Waals surface area contributed by atoms with E-state index < -0.39 is 0 Å². The van der Waals surface area contributed by atoms with Crippen LogP contribution < -0.4 is 5.56 Å². The van der Waals surface area contributed by atoms with Crippen LogP contribution in [0.4, 0.5) is 0 Å². The van der Waals surface area contributed by atoms with Crippen molar-refractivity contribution in [2.24, 2.45) is 0 Å². The highest BCUT2D eigenvalue weighted by Crippen LogP contribution is 2.05. The molecule has 1 N–H and O–H groups in total. The Hall–Kier alpha value is -1.86. The molecule has 4 heteroatoms. The molecule has 0 saturated heterocycles. The van der Waals surface area contributed by atoms with Gasteiger partial charge in [0.25, 0.3) is 5.56 Å². The molecule has 0 aliphatic rings. The summed E-state index contributed by atoms with van der Waals surface area (Å²) in [5, 5.41) is 0.598. The molecule has 0 unspecified atom stereocenters. The van der Waals surface area contributed by atoms with Crippen molar-refractivity contribution in [2.45, 2.75) is 6.54 Å². The van der Waals surface area contributed by atoms with Crippen LogP contribution in [0.3, 0.4) is 0 Å². The van der Waals surface area contributed by atoms with Gasteiger partial charge in [-0.25, -0.2) is 0 Å². The highest BCUT2D eigenvalue weighted by molar-refractivity contribution is 7.71. The van der Waals surface area contributed by atoms with E-state index >= 15 is 0 Å². The molecule has 0 aliphatic heterocycles. The molecule has 1 aromatic carbocycles. The van der Waals surface area contributed by atoms with E-state index in [0.717, 1.165) is 5.52 Å². The molecule has 0 fully saturated rings. The third kappa shape index (κ3) is 1.58. The average molecular weight is 216 g/mol. The molecule has 0 amide bonds. The fourth-order valence-corrected chi connectivity index (χ4v) is 1.69. The largest absolute Gasteiger partial charge is 0.332 e. The first-order valence-corrected chi connectivity index (χ1v) is 4.80. The molecule has 0 bridgehead atoms. The Morgan fingerprint density at radius 3 is 2.93 bits per heavy atom. The van der Waals surface area contributed by atoms with Gasteiger partial charge in [0, 0.05) is 0 Å². The summed E-state index contributed by atoms with van der Waals surface area (Å²) in [6.45, 7) is 0.193. The Morgan fingerprint density at radius 1 is 1.47 bits per heavy atom. The van der Waals surface area contributed by atoms with E-state index in [2.05, 4.69) is 10.9 Å². The number of rotatable bonds is 1. The Bertz CT molecular complexity index is 661. The first kappa shape index (κ1) is 9.69. The van der Waals surface area contributed by atoms with Gasteiger partial charge in [0.05, 0.1) is 17.4 Å². The van der Waals surface area contributed by atoms with Gasteiger partial charge in [0.2, 0.25) is 0 Å². The van der Waals surface area contributed by atoms with E-state index in [9.17, 15) is 4.79 Å². The second-order valence-electron chi connectivity index (χ2n) is 3.07. The number of H-pyrrole nitrogens is 1. The summed E-state index contributed by atoms with van der Waals surface area (Å²) in [7, 11) is 0. The van der Waals surface area contributed by atoms with E-state index in [1.165, 1.54) is 4.57 Å². The lowest BCUT2D eigenvalue weighted by Gasteiger charge is -2.03. The molecule has 1 heterocycles. The summed E-state index contributed by atoms with van der Waals surface area (Å²) in [6, 6.07) is 7.21. The fourth-order valence-electron chi connectivity index (χ4n) is 1.43. The van der Waals surface area contributed by atoms with Crippen molar-refractivity contribution in [1.82, 2.24) is 9.55 Å². The van der Waals surface area contributed by atoms with Crippen LogP contribution in [-0.2, 0) is 6.54 Å². The molecule has 2 rings (SSSR count). The molecular weight excluding hydrogens is 208 g/mol. The van der Waals surface area contributed by atoms with E-state index in [4.69, 9.17) is 18.6 Å². The molecule has 0 aliphatic carbocycles. The number of nitrogens with zero attached hydrogens (tertiary/aromatic N) is 1. The summed E-state index contributed by atoms with van der Waals surface area (Å²) < 4.78 is 1.73. The van der Waals surface area contributed by atoms with E-state index in [-0.39, 0.29) is 12.1 Å². The zero-order chi connectivity index (χ0) is 10.8. The quantitative estimate of drug-likeness (QED) is 0.582. The maximum Gasteiger partial charge on any atom is 0.263 e. The zero-order valence-corrected chi connectivity index (χ0v) is 8.67. The standard InChI is InChI=1S/C11H8N2OS/c1-2-7-13-10(14)8-5-3-4-6-9(8)12-11(13)15/h1,3-6H,7H2,(H,12,15). The maximum atomic E-state index is 11.9. The van der Waals surface area contributed by atoms with Gasteiger partial charge in [-0.05, 0) is 24.4 Å². The van der Waals surface area contributed by atoms with Crippen LogP contribution in [0.2, 0.25) is 0 Å². The molecule has 0 saturated carbocycles. The molecule has 0 radical (unpaired) electrons. The number of fused-ring (bicyclic) bond motifs is 1. The van der Waals surface area contributed by atoms with Crippen molar-refractivity contribution in [3.8, 4) is 12.3 Å². The number of para-hydroxylation sites is 1. The number of aromatic nitrogens is 2. The Kier molecular flexibility index (Phi) is 2.40. The highest BCUT2D eigenvalue weighted by Gasteiger charge is 2.02. The van der Waals surface area contributed by atoms with Crippen molar-refractivity contribution >= 4 is 23.1 Å². The summed E-state index contributed by atoms with van der Waals surface area (Å²) in [6.07, 6.45) is 5.17. The number of hydrogen-bond donors (Lipinski definition) is 1. The zero-order valence-electron chi connectivity index (χ0n) is 7.86. The number of nitrogens with one attached hydrogen (secondary N) is 1. The SMILES string of the molecule is C#CCn1c(=S)[nH]c2ccccc2c1=O. The Morgan fingerprint density at radius 2 is 2.20 bits per heavy atom. The lowest BCUT2D eigenvalue weighted by atomic mass is 10.2. The third-order valence-electron chi connectivity index (χ3n) is 2.14. The highest BCUT2D eigenvalue weighted by atomic mass is 32.1. The Balaban J connectivity index is 2.92. The molecule has 0 spiro atoms. The number of terminal acetylenes is 1. The second-order valence-corrected chi connectivity index (χ2v) is 3.46. The second kappa shape index (κ2) is 3.71. The predicted molar refractivity (Wildman–Crippen MR) is 62.2 cm³/mol. The first-order chi connectivity index (χ1) is 7.24. The van der Waals surface area contributed by atoms with Crippen LogP contribution in [0.5, 0.6) is 0 Å². The van der Waals surface area contributed by atoms with Gasteiger partial charge in [0.15, 0.2) is 4.77 Å². The van der Waals surface area contributed by atoms with Gasteiger partial charge in [0.1, 0.15) is 0 Å². The topological polar surface area (TPSA) is 37.8 Å². The van der Waals surface area contributed by atoms with Crippen LogP contribution in [0, 0.1) is 17.1 Å². The summed E-state index contributed by atoms with van der Waals surface area (Å²) in [5.74, 6) is 2.41. The van der Waals surface area contributed by atoms with Crippen LogP contribution in [0.25, 0.3) is 10.9 Å². The normalized spacial score (nSPS) is 10.1. The average Bonchev–Trinajstić information content (AvgIpc) is 2.24. The van der Waals surface area contributed by atoms with E-state index in [0.29, 0.717) is 10.2 Å². The summed E-state index contributed by atoms with van der Waals surface area (Å²) >= 11 is 5.04. The fraction of sp³-hybridized carbons (Fsp3) is 0.0909. The summed E-state index contributed by atoms with van der Waals surface area (Å²) in [5.41, 5.74) is 0.591. The number of aromatic amines is 1. The Labute approximate surface area is 91.4 Å². The van der Waals surface area contributed by atoms with Crippen molar-refractivity contribution in [3.05, 3.63) is 39.4 Å². The molecule has 15 heavy (non-hydrogen) atoms. The monoisotopic (exact) mass is 216 g/mol. The van der Waals surface area contributed by atoms with Gasteiger partial charge in [-0.2, -0.15) is 0 Å². The minimum absolute atomic E-state index is 0.146. The third-order valence-corrected chi connectivity index (χ3v) is 2.46. The molecular formula is C11H8N2OS. The van der Waals surface area contributed by atoms with Gasteiger partial charge < -0.3 is 4.98 Å². The molecule has 0 atom stereocenters. The summed E-state index contributed by atoms with van der Waals surface area (Å²) in [4.78, 5) is 14.9. The van der Waals surface area contributed by atoms with Crippen molar-refractivity contribution in [2.75, 3.05) is 0 Å². The maximum absolute atomic E-state index is 11.9. The van der Waals surface area contributed by atoms with Gasteiger partial charge in [-0.15, -0.1) is 6.42 Å². The minimum Gasteiger partial charge on any atom is -0.332 e. The number of hydrogen-bond acceptors (Lipinski definition) is 2. The smallest absolute Gasteiger partial charge is 0.263 e.